The first-order valence-electron chi connectivity index (χ1n) is 6.60. The van der Waals surface area contributed by atoms with Gasteiger partial charge in [0.2, 0.25) is 0 Å². The summed E-state index contributed by atoms with van der Waals surface area (Å²) in [6.45, 7) is 4.96. The molecule has 1 aliphatic carbocycles. The van der Waals surface area contributed by atoms with Gasteiger partial charge in [0, 0.05) is 6.61 Å². The Morgan fingerprint density at radius 1 is 1.07 bits per heavy atom. The third kappa shape index (κ3) is 6.16. The maximum absolute atomic E-state index is 5.91. The maximum Gasteiger partial charge on any atom is 0.155 e. The van der Waals surface area contributed by atoms with Gasteiger partial charge in [-0.3, -0.25) is 0 Å². The average Bonchev–Trinajstić information content (AvgIpc) is 2.19. The Kier molecular flexibility index (Phi) is 7.03. The third-order valence-corrected chi connectivity index (χ3v) is 2.99. The molecule has 0 aromatic rings. The lowest BCUT2D eigenvalue weighted by Crippen LogP contribution is -2.23. The smallest absolute Gasteiger partial charge is 0.155 e. The van der Waals surface area contributed by atoms with Crippen molar-refractivity contribution in [2.75, 3.05) is 6.61 Å². The number of ether oxygens (including phenoxy) is 2. The van der Waals surface area contributed by atoms with Crippen LogP contribution in [0.5, 0.6) is 0 Å². The third-order valence-electron chi connectivity index (χ3n) is 2.99. The Bertz CT molecular complexity index is 139. The molecule has 1 rings (SSSR count). The van der Waals surface area contributed by atoms with Crippen molar-refractivity contribution >= 4 is 0 Å². The van der Waals surface area contributed by atoms with Crippen LogP contribution in [0.1, 0.15) is 65.2 Å². The lowest BCUT2D eigenvalue weighted by atomic mass is 9.99. The van der Waals surface area contributed by atoms with E-state index < -0.39 is 0 Å². The molecule has 0 bridgehead atoms. The summed E-state index contributed by atoms with van der Waals surface area (Å²) in [5, 5.41) is 0. The molecule has 2 heteroatoms. The maximum atomic E-state index is 5.91. The zero-order valence-electron chi connectivity index (χ0n) is 10.3. The van der Waals surface area contributed by atoms with Crippen molar-refractivity contribution in [3.05, 3.63) is 0 Å². The summed E-state index contributed by atoms with van der Waals surface area (Å²) in [6, 6.07) is 0. The first kappa shape index (κ1) is 13.0. The summed E-state index contributed by atoms with van der Waals surface area (Å²) < 4.78 is 11.5. The van der Waals surface area contributed by atoms with Crippen molar-refractivity contribution in [3.63, 3.8) is 0 Å². The van der Waals surface area contributed by atoms with Crippen molar-refractivity contribution in [3.8, 4) is 0 Å². The molecule has 0 spiro atoms. The van der Waals surface area contributed by atoms with Gasteiger partial charge in [0.05, 0.1) is 6.10 Å². The molecule has 0 aromatic heterocycles. The minimum atomic E-state index is -0.0191. The highest BCUT2D eigenvalue weighted by molar-refractivity contribution is 4.63. The summed E-state index contributed by atoms with van der Waals surface area (Å²) in [7, 11) is 0. The fraction of sp³-hybridized carbons (Fsp3) is 1.00. The van der Waals surface area contributed by atoms with Crippen LogP contribution in [0, 0.1) is 0 Å². The van der Waals surface area contributed by atoms with Crippen LogP contribution in [0.4, 0.5) is 0 Å². The Labute approximate surface area is 94.3 Å². The van der Waals surface area contributed by atoms with Gasteiger partial charge in [0.25, 0.3) is 0 Å². The number of rotatable bonds is 5. The fourth-order valence-corrected chi connectivity index (χ4v) is 2.15. The van der Waals surface area contributed by atoms with E-state index in [1.54, 1.807) is 0 Å². The molecule has 1 fully saturated rings. The summed E-state index contributed by atoms with van der Waals surface area (Å²) in [4.78, 5) is 0. The molecule has 1 unspecified atom stereocenters. The normalized spacial score (nSPS) is 22.0. The van der Waals surface area contributed by atoms with Gasteiger partial charge in [0.15, 0.2) is 6.29 Å². The van der Waals surface area contributed by atoms with E-state index in [9.17, 15) is 0 Å². The SMILES string of the molecule is CCCOC(C)OC1CCCCCCC1. The largest absolute Gasteiger partial charge is 0.353 e. The van der Waals surface area contributed by atoms with Gasteiger partial charge >= 0.3 is 0 Å². The van der Waals surface area contributed by atoms with E-state index in [1.807, 2.05) is 6.92 Å². The van der Waals surface area contributed by atoms with E-state index in [1.165, 1.54) is 44.9 Å². The van der Waals surface area contributed by atoms with Gasteiger partial charge < -0.3 is 9.47 Å². The Hall–Kier alpha value is -0.0800. The molecule has 90 valence electrons. The highest BCUT2D eigenvalue weighted by Gasteiger charge is 2.14. The fourth-order valence-electron chi connectivity index (χ4n) is 2.15. The Balaban J connectivity index is 2.16. The van der Waals surface area contributed by atoms with Crippen LogP contribution in [-0.2, 0) is 9.47 Å². The molecule has 15 heavy (non-hydrogen) atoms. The van der Waals surface area contributed by atoms with Crippen LogP contribution < -0.4 is 0 Å². The van der Waals surface area contributed by atoms with Crippen LogP contribution in [-0.4, -0.2) is 19.0 Å². The quantitative estimate of drug-likeness (QED) is 0.646. The monoisotopic (exact) mass is 214 g/mol. The van der Waals surface area contributed by atoms with Gasteiger partial charge in [-0.2, -0.15) is 0 Å². The topological polar surface area (TPSA) is 18.5 Å². The average molecular weight is 214 g/mol. The highest BCUT2D eigenvalue weighted by atomic mass is 16.7. The van der Waals surface area contributed by atoms with Crippen molar-refractivity contribution in [1.82, 2.24) is 0 Å². The summed E-state index contributed by atoms with van der Waals surface area (Å²) in [5.41, 5.74) is 0. The van der Waals surface area contributed by atoms with Crippen LogP contribution in [0.2, 0.25) is 0 Å². The first-order chi connectivity index (χ1) is 7.33. The van der Waals surface area contributed by atoms with E-state index >= 15 is 0 Å². The molecule has 0 amide bonds. The Morgan fingerprint density at radius 2 is 1.67 bits per heavy atom. The van der Waals surface area contributed by atoms with E-state index in [-0.39, 0.29) is 6.29 Å². The number of hydrogen-bond acceptors (Lipinski definition) is 2. The van der Waals surface area contributed by atoms with Gasteiger partial charge in [-0.1, -0.05) is 39.0 Å². The van der Waals surface area contributed by atoms with E-state index in [4.69, 9.17) is 9.47 Å². The van der Waals surface area contributed by atoms with Crippen LogP contribution in [0.15, 0.2) is 0 Å². The van der Waals surface area contributed by atoms with Gasteiger partial charge in [-0.15, -0.1) is 0 Å². The summed E-state index contributed by atoms with van der Waals surface area (Å²) in [5.74, 6) is 0. The lowest BCUT2D eigenvalue weighted by Gasteiger charge is -2.24. The standard InChI is InChI=1S/C13H26O2/c1-3-11-14-12(2)15-13-9-7-5-4-6-8-10-13/h12-13H,3-11H2,1-2H3. The van der Waals surface area contributed by atoms with Crippen molar-refractivity contribution in [1.29, 1.82) is 0 Å². The second kappa shape index (κ2) is 8.12. The Morgan fingerprint density at radius 3 is 2.27 bits per heavy atom. The molecule has 0 aliphatic heterocycles. The predicted octanol–water partition coefficient (Wildman–Crippen LogP) is 3.89. The molecule has 0 heterocycles. The van der Waals surface area contributed by atoms with Gasteiger partial charge in [0.1, 0.15) is 0 Å². The zero-order chi connectivity index (χ0) is 10.9. The van der Waals surface area contributed by atoms with Crippen LogP contribution in [0.3, 0.4) is 0 Å². The van der Waals surface area contributed by atoms with Gasteiger partial charge in [-0.05, 0) is 26.2 Å². The zero-order valence-corrected chi connectivity index (χ0v) is 10.3. The first-order valence-corrected chi connectivity index (χ1v) is 6.60. The molecule has 1 aliphatic rings. The molecular weight excluding hydrogens is 188 g/mol. The molecule has 0 radical (unpaired) electrons. The molecule has 0 aromatic carbocycles. The van der Waals surface area contributed by atoms with Crippen LogP contribution in [0.25, 0.3) is 0 Å². The molecule has 2 nitrogen and oxygen atoms in total. The molecule has 0 N–H and O–H groups in total. The molecular formula is C13H26O2. The van der Waals surface area contributed by atoms with Crippen molar-refractivity contribution in [2.24, 2.45) is 0 Å². The summed E-state index contributed by atoms with van der Waals surface area (Å²) >= 11 is 0. The highest BCUT2D eigenvalue weighted by Crippen LogP contribution is 2.20. The van der Waals surface area contributed by atoms with Crippen LogP contribution >= 0.6 is 0 Å². The lowest BCUT2D eigenvalue weighted by molar-refractivity contribution is -0.163. The van der Waals surface area contributed by atoms with Gasteiger partial charge in [-0.25, -0.2) is 0 Å². The van der Waals surface area contributed by atoms with E-state index in [2.05, 4.69) is 6.92 Å². The van der Waals surface area contributed by atoms with Crippen molar-refractivity contribution in [2.45, 2.75) is 77.6 Å². The number of hydrogen-bond donors (Lipinski definition) is 0. The predicted molar refractivity (Wildman–Crippen MR) is 62.9 cm³/mol. The molecule has 1 saturated carbocycles. The van der Waals surface area contributed by atoms with E-state index in [0.29, 0.717) is 6.10 Å². The van der Waals surface area contributed by atoms with Crippen molar-refractivity contribution < 1.29 is 9.47 Å². The second-order valence-corrected chi connectivity index (χ2v) is 4.54. The minimum absolute atomic E-state index is 0.0191. The second-order valence-electron chi connectivity index (χ2n) is 4.54. The summed E-state index contributed by atoms with van der Waals surface area (Å²) in [6.07, 6.45) is 10.8. The molecule has 0 saturated heterocycles. The van der Waals surface area contributed by atoms with E-state index in [0.717, 1.165) is 13.0 Å². The minimum Gasteiger partial charge on any atom is -0.353 e. The molecule has 1 atom stereocenters.